The third-order valence-corrected chi connectivity index (χ3v) is 6.87. The second-order valence-corrected chi connectivity index (χ2v) is 9.18. The summed E-state index contributed by atoms with van der Waals surface area (Å²) in [6.45, 7) is -0.430. The summed E-state index contributed by atoms with van der Waals surface area (Å²) in [7, 11) is -3.73. The highest BCUT2D eigenvalue weighted by Crippen LogP contribution is 2.36. The monoisotopic (exact) mass is 437 g/mol. The van der Waals surface area contributed by atoms with Crippen molar-refractivity contribution in [3.8, 4) is 16.9 Å². The van der Waals surface area contributed by atoms with Crippen molar-refractivity contribution in [1.82, 2.24) is 4.72 Å². The minimum Gasteiger partial charge on any atom is -0.482 e. The molecule has 4 rings (SSSR count). The number of carboxylic acids is 1. The van der Waals surface area contributed by atoms with Gasteiger partial charge in [-0.2, -0.15) is 0 Å². The zero-order chi connectivity index (χ0) is 21.8. The average Bonchev–Trinajstić information content (AvgIpc) is 2.78. The maximum atomic E-state index is 13.0. The van der Waals surface area contributed by atoms with Gasteiger partial charge in [0.1, 0.15) is 5.75 Å². The molecule has 2 N–H and O–H groups in total. The lowest BCUT2D eigenvalue weighted by atomic mass is 9.87. The quantitative estimate of drug-likeness (QED) is 0.579. The van der Waals surface area contributed by atoms with Crippen molar-refractivity contribution in [3.63, 3.8) is 0 Å². The highest BCUT2D eigenvalue weighted by molar-refractivity contribution is 7.89. The van der Waals surface area contributed by atoms with E-state index in [2.05, 4.69) is 4.72 Å². The molecule has 3 aromatic rings. The number of carboxylic acid groups (broad SMARTS) is 1. The number of ether oxygens (including phenoxy) is 1. The first-order valence-corrected chi connectivity index (χ1v) is 11.6. The van der Waals surface area contributed by atoms with Crippen molar-refractivity contribution in [2.45, 2.75) is 30.2 Å². The Morgan fingerprint density at radius 1 is 0.968 bits per heavy atom. The number of benzene rings is 3. The second kappa shape index (κ2) is 8.91. The van der Waals surface area contributed by atoms with Crippen LogP contribution in [0.2, 0.25) is 0 Å². The molecule has 1 aliphatic rings. The first-order valence-electron chi connectivity index (χ1n) is 10.1. The predicted octanol–water partition coefficient (Wildman–Crippen LogP) is 4.17. The Kier molecular flexibility index (Phi) is 6.06. The van der Waals surface area contributed by atoms with Gasteiger partial charge in [-0.25, -0.2) is 17.9 Å². The zero-order valence-corrected chi connectivity index (χ0v) is 17.6. The highest BCUT2D eigenvalue weighted by atomic mass is 32.2. The van der Waals surface area contributed by atoms with E-state index in [9.17, 15) is 13.2 Å². The molecule has 1 unspecified atom stereocenters. The van der Waals surface area contributed by atoms with E-state index in [0.29, 0.717) is 12.2 Å². The van der Waals surface area contributed by atoms with Gasteiger partial charge in [-0.15, -0.1) is 0 Å². The zero-order valence-electron chi connectivity index (χ0n) is 16.8. The summed E-state index contributed by atoms with van der Waals surface area (Å²) in [5.41, 5.74) is 3.66. The van der Waals surface area contributed by atoms with Gasteiger partial charge in [0.15, 0.2) is 6.61 Å². The third kappa shape index (κ3) is 4.78. The van der Waals surface area contributed by atoms with E-state index >= 15 is 0 Å². The number of carbonyl (C=O) groups is 1. The number of hydrogen-bond donors (Lipinski definition) is 2. The molecule has 6 nitrogen and oxygen atoms in total. The lowest BCUT2D eigenvalue weighted by Gasteiger charge is -2.27. The Morgan fingerprint density at radius 3 is 2.39 bits per heavy atom. The van der Waals surface area contributed by atoms with Crippen LogP contribution in [0.25, 0.3) is 11.1 Å². The van der Waals surface area contributed by atoms with Gasteiger partial charge in [-0.05, 0) is 59.7 Å². The second-order valence-electron chi connectivity index (χ2n) is 7.46. The number of hydrogen-bond acceptors (Lipinski definition) is 4. The lowest BCUT2D eigenvalue weighted by molar-refractivity contribution is -0.139. The molecule has 0 aliphatic heterocycles. The van der Waals surface area contributed by atoms with Gasteiger partial charge >= 0.3 is 5.97 Å². The van der Waals surface area contributed by atoms with Crippen LogP contribution in [-0.2, 0) is 21.2 Å². The van der Waals surface area contributed by atoms with Gasteiger partial charge < -0.3 is 9.84 Å². The van der Waals surface area contributed by atoms with Crippen molar-refractivity contribution in [3.05, 3.63) is 83.9 Å². The van der Waals surface area contributed by atoms with E-state index < -0.39 is 28.6 Å². The fourth-order valence-corrected chi connectivity index (χ4v) is 5.17. The van der Waals surface area contributed by atoms with E-state index in [1.807, 2.05) is 36.4 Å². The average molecular weight is 438 g/mol. The summed E-state index contributed by atoms with van der Waals surface area (Å²) in [6.07, 6.45) is 2.16. The largest absolute Gasteiger partial charge is 0.482 e. The van der Waals surface area contributed by atoms with E-state index in [1.54, 1.807) is 36.4 Å². The number of rotatable bonds is 7. The van der Waals surface area contributed by atoms with Crippen LogP contribution in [0.5, 0.6) is 5.75 Å². The molecule has 0 spiro atoms. The molecule has 0 heterocycles. The molecule has 1 aliphatic carbocycles. The molecule has 0 aromatic heterocycles. The van der Waals surface area contributed by atoms with Gasteiger partial charge in [-0.1, -0.05) is 54.6 Å². The Hall–Kier alpha value is -3.16. The molecule has 0 amide bonds. The third-order valence-electron chi connectivity index (χ3n) is 5.38. The maximum absolute atomic E-state index is 13.0. The Labute approximate surface area is 181 Å². The van der Waals surface area contributed by atoms with E-state index in [0.717, 1.165) is 35.1 Å². The summed E-state index contributed by atoms with van der Waals surface area (Å²) in [5, 5.41) is 8.89. The minimum atomic E-state index is -3.73. The maximum Gasteiger partial charge on any atom is 0.341 e. The van der Waals surface area contributed by atoms with Crippen LogP contribution in [0, 0.1) is 0 Å². The molecule has 7 heteroatoms. The molecule has 160 valence electrons. The Bertz CT molecular complexity index is 1170. The van der Waals surface area contributed by atoms with Gasteiger partial charge in [0.05, 0.1) is 4.90 Å². The smallest absolute Gasteiger partial charge is 0.341 e. The molecule has 0 saturated carbocycles. The van der Waals surface area contributed by atoms with Crippen LogP contribution in [0.3, 0.4) is 0 Å². The molecule has 0 radical (unpaired) electrons. The van der Waals surface area contributed by atoms with Crippen LogP contribution in [-0.4, -0.2) is 26.1 Å². The van der Waals surface area contributed by atoms with Crippen molar-refractivity contribution in [2.75, 3.05) is 6.61 Å². The first kappa shape index (κ1) is 21.1. The van der Waals surface area contributed by atoms with Crippen molar-refractivity contribution in [2.24, 2.45) is 0 Å². The van der Waals surface area contributed by atoms with Gasteiger partial charge in [0.25, 0.3) is 0 Å². The Morgan fingerprint density at radius 2 is 1.68 bits per heavy atom. The summed E-state index contributed by atoms with van der Waals surface area (Å²) in [5.74, 6) is -0.555. The van der Waals surface area contributed by atoms with Gasteiger partial charge in [0, 0.05) is 6.04 Å². The topological polar surface area (TPSA) is 92.7 Å². The molecule has 1 atom stereocenters. The number of sulfonamides is 1. The molecule has 0 bridgehead atoms. The SMILES string of the molecule is O=C(O)COc1cccc2c1CCCC2NS(=O)(=O)c1ccc(-c2ccccc2)cc1. The minimum absolute atomic E-state index is 0.206. The molecular weight excluding hydrogens is 414 g/mol. The molecule has 31 heavy (non-hydrogen) atoms. The summed E-state index contributed by atoms with van der Waals surface area (Å²) in [4.78, 5) is 11.1. The van der Waals surface area contributed by atoms with E-state index in [1.165, 1.54) is 0 Å². The molecule has 0 saturated heterocycles. The van der Waals surface area contributed by atoms with Crippen LogP contribution < -0.4 is 9.46 Å². The van der Waals surface area contributed by atoms with Gasteiger partial charge in [0.2, 0.25) is 10.0 Å². The molecule has 3 aromatic carbocycles. The predicted molar refractivity (Wildman–Crippen MR) is 117 cm³/mol. The van der Waals surface area contributed by atoms with Crippen LogP contribution in [0.1, 0.15) is 30.0 Å². The van der Waals surface area contributed by atoms with Crippen molar-refractivity contribution < 1.29 is 23.1 Å². The van der Waals surface area contributed by atoms with Crippen LogP contribution >= 0.6 is 0 Å². The van der Waals surface area contributed by atoms with Crippen molar-refractivity contribution in [1.29, 1.82) is 0 Å². The summed E-state index contributed by atoms with van der Waals surface area (Å²) >= 11 is 0. The van der Waals surface area contributed by atoms with Gasteiger partial charge in [-0.3, -0.25) is 0 Å². The number of nitrogens with one attached hydrogen (secondary N) is 1. The Balaban J connectivity index is 1.56. The lowest BCUT2D eigenvalue weighted by Crippen LogP contribution is -2.31. The normalized spacial score (nSPS) is 15.8. The van der Waals surface area contributed by atoms with Crippen molar-refractivity contribution >= 4 is 16.0 Å². The standard InChI is InChI=1S/C24H23NO5S/c26-24(27)16-30-23-11-5-8-20-21(23)9-4-10-22(20)25-31(28,29)19-14-12-18(13-15-19)17-6-2-1-3-7-17/h1-3,5-8,11-15,22,25H,4,9-10,16H2,(H,26,27). The number of fused-ring (bicyclic) bond motifs is 1. The first-order chi connectivity index (χ1) is 14.9. The molecular formula is C24H23NO5S. The highest BCUT2D eigenvalue weighted by Gasteiger charge is 2.27. The van der Waals surface area contributed by atoms with E-state index in [-0.39, 0.29) is 4.90 Å². The van der Waals surface area contributed by atoms with Crippen LogP contribution in [0.15, 0.2) is 77.7 Å². The fraction of sp³-hybridized carbons (Fsp3) is 0.208. The molecule has 0 fully saturated rings. The summed E-state index contributed by atoms with van der Waals surface area (Å²) < 4.78 is 34.3. The van der Waals surface area contributed by atoms with Crippen LogP contribution in [0.4, 0.5) is 0 Å². The number of aliphatic carboxylic acids is 1. The van der Waals surface area contributed by atoms with E-state index in [4.69, 9.17) is 9.84 Å². The summed E-state index contributed by atoms with van der Waals surface area (Å²) in [6, 6.07) is 21.6. The fourth-order valence-electron chi connectivity index (χ4n) is 3.92.